The molecule has 2 aromatic heterocycles. The molecule has 0 aromatic carbocycles. The lowest BCUT2D eigenvalue weighted by Crippen LogP contribution is -2.19. The van der Waals surface area contributed by atoms with Gasteiger partial charge in [0.05, 0.1) is 23.7 Å². The molecule has 1 saturated carbocycles. The Bertz CT molecular complexity index is 639. The second-order valence-electron chi connectivity index (χ2n) is 5.56. The Balaban J connectivity index is 1.56. The number of aromatic nitrogens is 3. The van der Waals surface area contributed by atoms with Gasteiger partial charge < -0.3 is 9.73 Å². The molecule has 1 aliphatic rings. The monoisotopic (exact) mass is 320 g/mol. The first-order valence-electron chi connectivity index (χ1n) is 7.53. The van der Waals surface area contributed by atoms with Crippen molar-refractivity contribution in [2.75, 3.05) is 11.1 Å². The molecule has 118 valence electrons. The van der Waals surface area contributed by atoms with Gasteiger partial charge in [-0.25, -0.2) is 9.67 Å². The van der Waals surface area contributed by atoms with E-state index in [0.717, 1.165) is 30.1 Å². The summed E-state index contributed by atoms with van der Waals surface area (Å²) < 4.78 is 7.40. The molecule has 0 atom stereocenters. The topological polar surface area (TPSA) is 73.0 Å². The first kappa shape index (κ1) is 15.1. The van der Waals surface area contributed by atoms with Crippen molar-refractivity contribution in [1.29, 1.82) is 0 Å². The largest absolute Gasteiger partial charge is 0.437 e. The van der Waals surface area contributed by atoms with Crippen LogP contribution in [0.1, 0.15) is 43.2 Å². The van der Waals surface area contributed by atoms with Crippen LogP contribution in [0.25, 0.3) is 0 Å². The van der Waals surface area contributed by atoms with Crippen molar-refractivity contribution in [3.05, 3.63) is 23.7 Å². The van der Waals surface area contributed by atoms with E-state index in [2.05, 4.69) is 15.4 Å². The van der Waals surface area contributed by atoms with Crippen molar-refractivity contribution in [3.63, 3.8) is 0 Å². The molecule has 7 heteroatoms. The van der Waals surface area contributed by atoms with Crippen molar-refractivity contribution in [2.24, 2.45) is 0 Å². The average molecular weight is 320 g/mol. The highest BCUT2D eigenvalue weighted by molar-refractivity contribution is 7.99. The molecular formula is C15H20N4O2S. The van der Waals surface area contributed by atoms with Crippen LogP contribution in [0.5, 0.6) is 0 Å². The summed E-state index contributed by atoms with van der Waals surface area (Å²) in [5.74, 6) is 1.77. The number of amides is 1. The standard InChI is InChI=1S/C15H20N4O2S/c1-10-11(2)21-15(17-10)22-9-14(20)18-13-7-8-16-19(13)12-5-3-4-6-12/h7-8,12H,3-6,9H2,1-2H3,(H,18,20). The summed E-state index contributed by atoms with van der Waals surface area (Å²) in [6.45, 7) is 3.76. The number of anilines is 1. The highest BCUT2D eigenvalue weighted by Crippen LogP contribution is 2.31. The minimum absolute atomic E-state index is 0.0711. The second-order valence-corrected chi connectivity index (χ2v) is 6.48. The highest BCUT2D eigenvalue weighted by atomic mass is 32.2. The van der Waals surface area contributed by atoms with E-state index in [1.165, 1.54) is 24.6 Å². The molecule has 2 aromatic rings. The van der Waals surface area contributed by atoms with Gasteiger partial charge in [0, 0.05) is 6.07 Å². The van der Waals surface area contributed by atoms with Crippen LogP contribution in [-0.4, -0.2) is 26.4 Å². The molecule has 1 aliphatic carbocycles. The number of oxazole rings is 1. The third kappa shape index (κ3) is 3.35. The van der Waals surface area contributed by atoms with Crippen molar-refractivity contribution < 1.29 is 9.21 Å². The number of rotatable bonds is 5. The summed E-state index contributed by atoms with van der Waals surface area (Å²) in [5, 5.41) is 7.82. The van der Waals surface area contributed by atoms with Gasteiger partial charge in [0.15, 0.2) is 0 Å². The van der Waals surface area contributed by atoms with Gasteiger partial charge in [0.1, 0.15) is 11.6 Å². The van der Waals surface area contributed by atoms with E-state index in [-0.39, 0.29) is 11.7 Å². The van der Waals surface area contributed by atoms with E-state index >= 15 is 0 Å². The molecule has 0 bridgehead atoms. The Morgan fingerprint density at radius 3 is 2.91 bits per heavy atom. The van der Waals surface area contributed by atoms with Gasteiger partial charge in [0.2, 0.25) is 5.91 Å². The lowest BCUT2D eigenvalue weighted by atomic mass is 10.2. The summed E-state index contributed by atoms with van der Waals surface area (Å²) in [6.07, 6.45) is 6.47. The summed E-state index contributed by atoms with van der Waals surface area (Å²) in [6, 6.07) is 2.26. The van der Waals surface area contributed by atoms with Crippen LogP contribution in [0.4, 0.5) is 5.82 Å². The number of nitrogens with zero attached hydrogens (tertiary/aromatic N) is 3. The SMILES string of the molecule is Cc1nc(SCC(=O)Nc2ccnn2C2CCCC2)oc1C. The van der Waals surface area contributed by atoms with Gasteiger partial charge in [0.25, 0.3) is 5.22 Å². The quantitative estimate of drug-likeness (QED) is 0.855. The van der Waals surface area contributed by atoms with Gasteiger partial charge >= 0.3 is 0 Å². The fourth-order valence-electron chi connectivity index (χ4n) is 2.66. The Morgan fingerprint density at radius 1 is 1.45 bits per heavy atom. The molecule has 0 unspecified atom stereocenters. The van der Waals surface area contributed by atoms with E-state index in [1.807, 2.05) is 24.6 Å². The van der Waals surface area contributed by atoms with Crippen molar-refractivity contribution in [3.8, 4) is 0 Å². The van der Waals surface area contributed by atoms with Crippen LogP contribution in [0.15, 0.2) is 21.9 Å². The summed E-state index contributed by atoms with van der Waals surface area (Å²) in [7, 11) is 0. The van der Waals surface area contributed by atoms with Gasteiger partial charge in [-0.1, -0.05) is 24.6 Å². The zero-order valence-electron chi connectivity index (χ0n) is 12.8. The van der Waals surface area contributed by atoms with Gasteiger partial charge in [-0.05, 0) is 26.7 Å². The fourth-order valence-corrected chi connectivity index (χ4v) is 3.38. The van der Waals surface area contributed by atoms with Crippen molar-refractivity contribution >= 4 is 23.5 Å². The molecule has 1 fully saturated rings. The smallest absolute Gasteiger partial charge is 0.256 e. The normalized spacial score (nSPS) is 15.4. The number of carbonyl (C=O) groups is 1. The lowest BCUT2D eigenvalue weighted by molar-refractivity contribution is -0.113. The number of carbonyl (C=O) groups excluding carboxylic acids is 1. The van der Waals surface area contributed by atoms with E-state index in [9.17, 15) is 4.79 Å². The van der Waals surface area contributed by atoms with E-state index in [4.69, 9.17) is 4.42 Å². The first-order chi connectivity index (χ1) is 10.6. The number of aryl methyl sites for hydroxylation is 2. The predicted octanol–water partition coefficient (Wildman–Crippen LogP) is 3.33. The molecule has 6 nitrogen and oxygen atoms in total. The van der Waals surface area contributed by atoms with Crippen LogP contribution in [0, 0.1) is 13.8 Å². The van der Waals surface area contributed by atoms with E-state index in [1.54, 1.807) is 6.20 Å². The van der Waals surface area contributed by atoms with E-state index in [0.29, 0.717) is 11.3 Å². The van der Waals surface area contributed by atoms with Crippen LogP contribution in [0.2, 0.25) is 0 Å². The molecule has 1 amide bonds. The van der Waals surface area contributed by atoms with Gasteiger partial charge in [-0.15, -0.1) is 0 Å². The minimum atomic E-state index is -0.0711. The molecule has 2 heterocycles. The molecule has 0 spiro atoms. The van der Waals surface area contributed by atoms with Gasteiger partial charge in [-0.2, -0.15) is 5.10 Å². The van der Waals surface area contributed by atoms with Crippen LogP contribution < -0.4 is 5.32 Å². The molecular weight excluding hydrogens is 300 g/mol. The number of hydrogen-bond donors (Lipinski definition) is 1. The Hall–Kier alpha value is -1.76. The Morgan fingerprint density at radius 2 is 2.23 bits per heavy atom. The average Bonchev–Trinajstić information content (AvgIpc) is 3.19. The highest BCUT2D eigenvalue weighted by Gasteiger charge is 2.20. The maximum atomic E-state index is 12.1. The third-order valence-corrected chi connectivity index (χ3v) is 4.77. The summed E-state index contributed by atoms with van der Waals surface area (Å²) in [5.41, 5.74) is 0.863. The minimum Gasteiger partial charge on any atom is -0.437 e. The van der Waals surface area contributed by atoms with Crippen LogP contribution in [0.3, 0.4) is 0 Å². The molecule has 0 aliphatic heterocycles. The number of nitrogens with one attached hydrogen (secondary N) is 1. The zero-order chi connectivity index (χ0) is 15.5. The first-order valence-corrected chi connectivity index (χ1v) is 8.52. The summed E-state index contributed by atoms with van der Waals surface area (Å²) >= 11 is 1.30. The summed E-state index contributed by atoms with van der Waals surface area (Å²) in [4.78, 5) is 16.4. The fraction of sp³-hybridized carbons (Fsp3) is 0.533. The van der Waals surface area contributed by atoms with Crippen LogP contribution >= 0.6 is 11.8 Å². The number of thioether (sulfide) groups is 1. The molecule has 22 heavy (non-hydrogen) atoms. The predicted molar refractivity (Wildman–Crippen MR) is 85.1 cm³/mol. The third-order valence-electron chi connectivity index (χ3n) is 3.94. The van der Waals surface area contributed by atoms with E-state index < -0.39 is 0 Å². The van der Waals surface area contributed by atoms with Crippen molar-refractivity contribution in [2.45, 2.75) is 50.8 Å². The van der Waals surface area contributed by atoms with Crippen LogP contribution in [-0.2, 0) is 4.79 Å². The maximum absolute atomic E-state index is 12.1. The molecule has 1 N–H and O–H groups in total. The molecule has 0 saturated heterocycles. The number of hydrogen-bond acceptors (Lipinski definition) is 5. The Labute approximate surface area is 133 Å². The van der Waals surface area contributed by atoms with Gasteiger partial charge in [-0.3, -0.25) is 4.79 Å². The maximum Gasteiger partial charge on any atom is 0.256 e. The van der Waals surface area contributed by atoms with Crippen molar-refractivity contribution in [1.82, 2.24) is 14.8 Å². The molecule has 0 radical (unpaired) electrons. The molecule has 3 rings (SSSR count). The Kier molecular flexibility index (Phi) is 4.52. The zero-order valence-corrected chi connectivity index (χ0v) is 13.7. The second kappa shape index (κ2) is 6.56. The lowest BCUT2D eigenvalue weighted by Gasteiger charge is -2.14.